The molecule has 1 aliphatic carbocycles. The number of carbonyl (C=O) groups excluding carboxylic acids is 1. The average Bonchev–Trinajstić information content (AvgIpc) is 2.34. The molecule has 56 valence electrons. The lowest BCUT2D eigenvalue weighted by Crippen LogP contribution is -2.36. The third-order valence-electron chi connectivity index (χ3n) is 2.80. The molecule has 2 aliphatic rings. The molecule has 0 bridgehead atoms. The molecule has 0 aromatic heterocycles. The van der Waals surface area contributed by atoms with Crippen LogP contribution in [0.2, 0.25) is 0 Å². The Bertz CT molecular complexity index is 155. The number of hydrogen-bond donors (Lipinski definition) is 1. The highest BCUT2D eigenvalue weighted by molar-refractivity contribution is 5.83. The fraction of sp³-hybridized carbons (Fsp3) is 0.875. The third-order valence-corrected chi connectivity index (χ3v) is 2.80. The van der Waals surface area contributed by atoms with E-state index in [1.54, 1.807) is 0 Å². The van der Waals surface area contributed by atoms with Gasteiger partial charge in [-0.2, -0.15) is 0 Å². The first kappa shape index (κ1) is 6.35. The van der Waals surface area contributed by atoms with E-state index >= 15 is 0 Å². The maximum absolute atomic E-state index is 11.2. The van der Waals surface area contributed by atoms with Gasteiger partial charge in [-0.3, -0.25) is 4.79 Å². The number of carbonyl (C=O) groups is 1. The summed E-state index contributed by atoms with van der Waals surface area (Å²) in [6.07, 6.45) is 3.22. The highest BCUT2D eigenvalue weighted by Crippen LogP contribution is 2.32. The topological polar surface area (TPSA) is 29.1 Å². The zero-order valence-electron chi connectivity index (χ0n) is 6.10. The lowest BCUT2D eigenvalue weighted by molar-refractivity contribution is -0.121. The summed E-state index contributed by atoms with van der Waals surface area (Å²) in [5.74, 6) is 1.61. The van der Waals surface area contributed by atoms with Gasteiger partial charge in [0.15, 0.2) is 0 Å². The summed E-state index contributed by atoms with van der Waals surface area (Å²) in [4.78, 5) is 11.2. The standard InChI is InChI=1S/C8H13NO/c10-8-2-1-6-3-4-9-5-7(6)8/h6-7,9H,1-5H2. The molecule has 0 amide bonds. The molecule has 0 radical (unpaired) electrons. The van der Waals surface area contributed by atoms with E-state index < -0.39 is 0 Å². The van der Waals surface area contributed by atoms with Gasteiger partial charge in [-0.05, 0) is 25.3 Å². The van der Waals surface area contributed by atoms with Crippen LogP contribution in [0.25, 0.3) is 0 Å². The van der Waals surface area contributed by atoms with Crippen LogP contribution in [0.1, 0.15) is 19.3 Å². The van der Waals surface area contributed by atoms with Gasteiger partial charge >= 0.3 is 0 Å². The normalized spacial score (nSPS) is 39.8. The average molecular weight is 139 g/mol. The van der Waals surface area contributed by atoms with Crippen LogP contribution in [0.15, 0.2) is 0 Å². The van der Waals surface area contributed by atoms with Crippen molar-refractivity contribution in [3.63, 3.8) is 0 Å². The predicted molar refractivity (Wildman–Crippen MR) is 38.7 cm³/mol. The Balaban J connectivity index is 2.08. The Kier molecular flexibility index (Phi) is 1.49. The van der Waals surface area contributed by atoms with Gasteiger partial charge < -0.3 is 5.32 Å². The molecule has 1 heterocycles. The van der Waals surface area contributed by atoms with Gasteiger partial charge in [-0.1, -0.05) is 0 Å². The van der Waals surface area contributed by atoms with E-state index in [9.17, 15) is 4.79 Å². The fourth-order valence-corrected chi connectivity index (χ4v) is 2.15. The van der Waals surface area contributed by atoms with Gasteiger partial charge in [0.2, 0.25) is 0 Å². The number of Topliss-reactive ketones (excluding diaryl/α,β-unsaturated/α-hetero) is 1. The summed E-state index contributed by atoms with van der Waals surface area (Å²) < 4.78 is 0. The summed E-state index contributed by atoms with van der Waals surface area (Å²) in [7, 11) is 0. The summed E-state index contributed by atoms with van der Waals surface area (Å²) in [6, 6.07) is 0. The van der Waals surface area contributed by atoms with E-state index in [1.165, 1.54) is 6.42 Å². The maximum atomic E-state index is 11.2. The van der Waals surface area contributed by atoms with Gasteiger partial charge in [0.25, 0.3) is 0 Å². The molecule has 10 heavy (non-hydrogen) atoms. The number of rotatable bonds is 0. The first-order chi connectivity index (χ1) is 4.88. The van der Waals surface area contributed by atoms with E-state index in [1.807, 2.05) is 0 Å². The van der Waals surface area contributed by atoms with Gasteiger partial charge in [0, 0.05) is 18.9 Å². The minimum atomic E-state index is 0.383. The van der Waals surface area contributed by atoms with Crippen LogP contribution in [0.5, 0.6) is 0 Å². The van der Waals surface area contributed by atoms with Gasteiger partial charge in [0.05, 0.1) is 0 Å². The molecule has 2 fully saturated rings. The van der Waals surface area contributed by atoms with Crippen LogP contribution in [0.4, 0.5) is 0 Å². The lowest BCUT2D eigenvalue weighted by Gasteiger charge is -2.24. The van der Waals surface area contributed by atoms with Crippen molar-refractivity contribution in [2.45, 2.75) is 19.3 Å². The molecule has 2 atom stereocenters. The molecule has 0 spiro atoms. The minimum Gasteiger partial charge on any atom is -0.316 e. The molecule has 1 aliphatic heterocycles. The van der Waals surface area contributed by atoms with Gasteiger partial charge in [-0.25, -0.2) is 0 Å². The van der Waals surface area contributed by atoms with Crippen molar-refractivity contribution in [1.29, 1.82) is 0 Å². The Morgan fingerprint density at radius 1 is 1.40 bits per heavy atom. The minimum absolute atomic E-state index is 0.383. The molecule has 1 saturated carbocycles. The molecule has 2 unspecified atom stereocenters. The first-order valence-corrected chi connectivity index (χ1v) is 4.11. The van der Waals surface area contributed by atoms with E-state index in [-0.39, 0.29) is 0 Å². The molecule has 0 aromatic carbocycles. The second-order valence-electron chi connectivity index (χ2n) is 3.36. The molecular formula is C8H13NO. The molecule has 0 aromatic rings. The molecule has 2 heteroatoms. The largest absolute Gasteiger partial charge is 0.316 e. The zero-order chi connectivity index (χ0) is 6.97. The van der Waals surface area contributed by atoms with Crippen molar-refractivity contribution in [2.24, 2.45) is 11.8 Å². The monoisotopic (exact) mass is 139 g/mol. The van der Waals surface area contributed by atoms with Crippen molar-refractivity contribution in [1.82, 2.24) is 5.32 Å². The Morgan fingerprint density at radius 3 is 3.10 bits per heavy atom. The quantitative estimate of drug-likeness (QED) is 0.531. The number of piperidine rings is 1. The summed E-state index contributed by atoms with van der Waals surface area (Å²) in [6.45, 7) is 2.07. The smallest absolute Gasteiger partial charge is 0.137 e. The highest BCUT2D eigenvalue weighted by Gasteiger charge is 2.35. The zero-order valence-corrected chi connectivity index (χ0v) is 6.10. The summed E-state index contributed by atoms with van der Waals surface area (Å²) in [5, 5.41) is 3.27. The molecule has 1 N–H and O–H groups in total. The van der Waals surface area contributed by atoms with Crippen LogP contribution in [0.3, 0.4) is 0 Å². The van der Waals surface area contributed by atoms with Crippen LogP contribution in [-0.4, -0.2) is 18.9 Å². The SMILES string of the molecule is O=C1CCC2CCNCC12. The highest BCUT2D eigenvalue weighted by atomic mass is 16.1. The second kappa shape index (κ2) is 2.35. The number of fused-ring (bicyclic) bond motifs is 1. The maximum Gasteiger partial charge on any atom is 0.137 e. The van der Waals surface area contributed by atoms with Crippen molar-refractivity contribution in [3.8, 4) is 0 Å². The van der Waals surface area contributed by atoms with Crippen LogP contribution >= 0.6 is 0 Å². The van der Waals surface area contributed by atoms with Crippen molar-refractivity contribution in [2.75, 3.05) is 13.1 Å². The fourth-order valence-electron chi connectivity index (χ4n) is 2.15. The molecule has 2 nitrogen and oxygen atoms in total. The Hall–Kier alpha value is -0.370. The second-order valence-corrected chi connectivity index (χ2v) is 3.36. The molecular weight excluding hydrogens is 126 g/mol. The molecule has 2 rings (SSSR count). The summed E-state index contributed by atoms with van der Waals surface area (Å²) >= 11 is 0. The van der Waals surface area contributed by atoms with Crippen LogP contribution < -0.4 is 5.32 Å². The summed E-state index contributed by atoms with van der Waals surface area (Å²) in [5.41, 5.74) is 0. The Labute approximate surface area is 61.0 Å². The molecule has 1 saturated heterocycles. The van der Waals surface area contributed by atoms with E-state index in [0.29, 0.717) is 11.7 Å². The van der Waals surface area contributed by atoms with E-state index in [0.717, 1.165) is 31.8 Å². The third kappa shape index (κ3) is 0.870. The van der Waals surface area contributed by atoms with Gasteiger partial charge in [-0.15, -0.1) is 0 Å². The number of nitrogens with one attached hydrogen (secondary N) is 1. The Morgan fingerprint density at radius 2 is 2.30 bits per heavy atom. The van der Waals surface area contributed by atoms with E-state index in [2.05, 4.69) is 5.32 Å². The number of hydrogen-bond acceptors (Lipinski definition) is 2. The first-order valence-electron chi connectivity index (χ1n) is 4.11. The van der Waals surface area contributed by atoms with Crippen LogP contribution in [-0.2, 0) is 4.79 Å². The lowest BCUT2D eigenvalue weighted by atomic mass is 9.89. The van der Waals surface area contributed by atoms with Crippen molar-refractivity contribution >= 4 is 5.78 Å². The van der Waals surface area contributed by atoms with Crippen molar-refractivity contribution < 1.29 is 4.79 Å². The van der Waals surface area contributed by atoms with Crippen molar-refractivity contribution in [3.05, 3.63) is 0 Å². The predicted octanol–water partition coefficient (Wildman–Crippen LogP) is 0.575. The van der Waals surface area contributed by atoms with Crippen LogP contribution in [0, 0.1) is 11.8 Å². The number of ketones is 1. The van der Waals surface area contributed by atoms with E-state index in [4.69, 9.17) is 0 Å². The van der Waals surface area contributed by atoms with Gasteiger partial charge in [0.1, 0.15) is 5.78 Å².